The second-order valence-electron chi connectivity index (χ2n) is 7.84. The molecule has 0 saturated heterocycles. The van der Waals surface area contributed by atoms with Crippen molar-refractivity contribution in [2.24, 2.45) is 5.41 Å². The molecule has 0 aliphatic heterocycles. The molecule has 0 atom stereocenters. The van der Waals surface area contributed by atoms with E-state index in [1.807, 2.05) is 26.8 Å². The fourth-order valence-corrected chi connectivity index (χ4v) is 2.72. The maximum Gasteiger partial charge on any atom is 0.316 e. The lowest BCUT2D eigenvalue weighted by Gasteiger charge is -2.20. The molecular weight excluding hydrogens is 327 g/mol. The molecule has 0 heterocycles. The number of carbonyl (C=O) groups excluding carboxylic acids is 1. The van der Waals surface area contributed by atoms with Crippen LogP contribution in [0.2, 0.25) is 0 Å². The molecule has 0 saturated carbocycles. The molecule has 1 aliphatic rings. The van der Waals surface area contributed by atoms with Crippen molar-refractivity contribution in [2.45, 2.75) is 66.2 Å². The zero-order chi connectivity index (χ0) is 19.2. The summed E-state index contributed by atoms with van der Waals surface area (Å²) in [7, 11) is 0. The predicted octanol–water partition coefficient (Wildman–Crippen LogP) is 6.58. The van der Waals surface area contributed by atoms with E-state index in [9.17, 15) is 9.18 Å². The molecule has 0 bridgehead atoms. The Morgan fingerprint density at radius 3 is 2.50 bits per heavy atom. The Balaban J connectivity index is 2.34. The van der Waals surface area contributed by atoms with Crippen LogP contribution in [0.25, 0.3) is 5.57 Å². The van der Waals surface area contributed by atoms with Gasteiger partial charge in [-0.3, -0.25) is 4.79 Å². The van der Waals surface area contributed by atoms with Gasteiger partial charge in [0, 0.05) is 12.0 Å². The van der Waals surface area contributed by atoms with Crippen molar-refractivity contribution in [1.82, 2.24) is 0 Å². The predicted molar refractivity (Wildman–Crippen MR) is 104 cm³/mol. The summed E-state index contributed by atoms with van der Waals surface area (Å²) in [6.07, 6.45) is 7.62. The fourth-order valence-electron chi connectivity index (χ4n) is 2.72. The lowest BCUT2D eigenvalue weighted by Crippen LogP contribution is -2.23. The molecule has 26 heavy (non-hydrogen) atoms. The molecule has 0 fully saturated rings. The lowest BCUT2D eigenvalue weighted by atomic mass is 9.95. The Morgan fingerprint density at radius 2 is 1.88 bits per heavy atom. The van der Waals surface area contributed by atoms with Crippen LogP contribution in [0.5, 0.6) is 0 Å². The molecule has 2 rings (SSSR count). The Labute approximate surface area is 156 Å². The van der Waals surface area contributed by atoms with E-state index < -0.39 is 5.41 Å². The van der Waals surface area contributed by atoms with Gasteiger partial charge in [-0.2, -0.15) is 0 Å². The van der Waals surface area contributed by atoms with Crippen molar-refractivity contribution >= 4 is 11.5 Å². The Hall–Kier alpha value is -2.12. The number of carbonyl (C=O) groups is 1. The first-order valence-electron chi connectivity index (χ1n) is 9.47. The van der Waals surface area contributed by atoms with Crippen molar-refractivity contribution in [1.29, 1.82) is 0 Å². The number of ether oxygens (including phenoxy) is 1. The number of rotatable bonds is 5. The average Bonchev–Trinajstić information content (AvgIpc) is 2.59. The van der Waals surface area contributed by atoms with Crippen LogP contribution in [0.15, 0.2) is 47.4 Å². The van der Waals surface area contributed by atoms with Gasteiger partial charge in [-0.1, -0.05) is 25.5 Å². The lowest BCUT2D eigenvalue weighted by molar-refractivity contribution is -0.148. The van der Waals surface area contributed by atoms with Gasteiger partial charge in [-0.25, -0.2) is 4.39 Å². The molecule has 0 spiro atoms. The maximum atomic E-state index is 13.2. The summed E-state index contributed by atoms with van der Waals surface area (Å²) in [5.74, 6) is 0.275. The van der Waals surface area contributed by atoms with Crippen LogP contribution in [0.3, 0.4) is 0 Å². The Bertz CT molecular complexity index is 726. The highest BCUT2D eigenvalue weighted by Crippen LogP contribution is 2.28. The van der Waals surface area contributed by atoms with Gasteiger partial charge >= 0.3 is 5.97 Å². The molecule has 2 nitrogen and oxygen atoms in total. The number of allylic oxidation sites excluding steroid dienone is 3. The minimum atomic E-state index is -0.515. The highest BCUT2D eigenvalue weighted by molar-refractivity contribution is 5.76. The normalized spacial score (nSPS) is 14.5. The van der Waals surface area contributed by atoms with E-state index in [2.05, 4.69) is 12.7 Å². The monoisotopic (exact) mass is 356 g/mol. The zero-order valence-corrected chi connectivity index (χ0v) is 16.3. The van der Waals surface area contributed by atoms with Crippen LogP contribution in [0.4, 0.5) is 4.39 Å². The maximum absolute atomic E-state index is 13.2. The van der Waals surface area contributed by atoms with Crippen molar-refractivity contribution < 1.29 is 13.9 Å². The number of esters is 1. The standard InChI is InChI=1S/C23H29FO2/c1-5-6-9-19(18-11-13-20(24)14-12-18)15-17-8-7-10-21(16-17)26-22(25)23(2,3)4/h11-14,16H,5-10H2,1-4H3. The van der Waals surface area contributed by atoms with Crippen molar-refractivity contribution in [3.63, 3.8) is 0 Å². The molecule has 0 amide bonds. The molecule has 0 N–H and O–H groups in total. The number of unbranched alkanes of at least 4 members (excludes halogenated alkanes) is 1. The van der Waals surface area contributed by atoms with Gasteiger partial charge in [0.25, 0.3) is 0 Å². The van der Waals surface area contributed by atoms with E-state index in [1.165, 1.54) is 12.1 Å². The summed E-state index contributed by atoms with van der Waals surface area (Å²) in [4.78, 5) is 12.1. The first-order chi connectivity index (χ1) is 12.3. The third-order valence-electron chi connectivity index (χ3n) is 4.33. The second kappa shape index (κ2) is 9.00. The first-order valence-corrected chi connectivity index (χ1v) is 9.47. The molecule has 1 aromatic carbocycles. The second-order valence-corrected chi connectivity index (χ2v) is 7.84. The highest BCUT2D eigenvalue weighted by atomic mass is 19.1. The zero-order valence-electron chi connectivity index (χ0n) is 16.3. The molecule has 3 heteroatoms. The van der Waals surface area contributed by atoms with Crippen molar-refractivity contribution in [2.75, 3.05) is 0 Å². The van der Waals surface area contributed by atoms with Crippen molar-refractivity contribution in [3.8, 4) is 0 Å². The Morgan fingerprint density at radius 1 is 1.19 bits per heavy atom. The topological polar surface area (TPSA) is 26.3 Å². The number of hydrogen-bond acceptors (Lipinski definition) is 2. The highest BCUT2D eigenvalue weighted by Gasteiger charge is 2.25. The SMILES string of the molecule is CCCCC(=C=C1C=C(OC(=O)C(C)(C)C)CCC1)c1ccc(F)cc1. The van der Waals surface area contributed by atoms with Gasteiger partial charge in [0.05, 0.1) is 5.41 Å². The smallest absolute Gasteiger partial charge is 0.316 e. The van der Waals surface area contributed by atoms with E-state index in [0.717, 1.165) is 55.2 Å². The minimum Gasteiger partial charge on any atom is -0.431 e. The molecule has 1 aromatic rings. The molecule has 0 radical (unpaired) electrons. The van der Waals surface area contributed by atoms with E-state index in [-0.39, 0.29) is 11.8 Å². The summed E-state index contributed by atoms with van der Waals surface area (Å²) < 4.78 is 18.8. The summed E-state index contributed by atoms with van der Waals surface area (Å²) in [5.41, 5.74) is 6.13. The van der Waals surface area contributed by atoms with Gasteiger partial charge in [0.1, 0.15) is 11.6 Å². The van der Waals surface area contributed by atoms with E-state index in [1.54, 1.807) is 12.1 Å². The van der Waals surface area contributed by atoms with E-state index in [0.29, 0.717) is 5.76 Å². The third kappa shape index (κ3) is 6.00. The van der Waals surface area contributed by atoms with Crippen LogP contribution in [-0.4, -0.2) is 5.97 Å². The van der Waals surface area contributed by atoms with E-state index >= 15 is 0 Å². The van der Waals surface area contributed by atoms with E-state index in [4.69, 9.17) is 4.74 Å². The molecule has 0 aromatic heterocycles. The largest absolute Gasteiger partial charge is 0.431 e. The number of halogens is 1. The third-order valence-corrected chi connectivity index (χ3v) is 4.33. The quantitative estimate of drug-likeness (QED) is 0.440. The molecule has 1 aliphatic carbocycles. The average molecular weight is 356 g/mol. The first kappa shape index (κ1) is 20.2. The summed E-state index contributed by atoms with van der Waals surface area (Å²) >= 11 is 0. The molecule has 0 unspecified atom stereocenters. The molecule has 140 valence electrons. The Kier molecular flexibility index (Phi) is 6.99. The summed E-state index contributed by atoms with van der Waals surface area (Å²) in [6, 6.07) is 6.59. The summed E-state index contributed by atoms with van der Waals surface area (Å²) in [5, 5.41) is 0. The number of hydrogen-bond donors (Lipinski definition) is 0. The minimum absolute atomic E-state index is 0.210. The molecular formula is C23H29FO2. The van der Waals surface area contributed by atoms with Gasteiger partial charge in [0.15, 0.2) is 0 Å². The van der Waals surface area contributed by atoms with Gasteiger partial charge < -0.3 is 4.74 Å². The van der Waals surface area contributed by atoms with Crippen molar-refractivity contribution in [3.05, 3.63) is 58.8 Å². The van der Waals surface area contributed by atoms with Gasteiger partial charge in [-0.15, -0.1) is 5.73 Å². The van der Waals surface area contributed by atoms with Crippen LogP contribution >= 0.6 is 0 Å². The van der Waals surface area contributed by atoms with Crippen LogP contribution in [0.1, 0.15) is 71.8 Å². The fraction of sp³-hybridized carbons (Fsp3) is 0.478. The van der Waals surface area contributed by atoms with Crippen LogP contribution in [0, 0.1) is 11.2 Å². The van der Waals surface area contributed by atoms with Gasteiger partial charge in [-0.05, 0) is 75.8 Å². The van der Waals surface area contributed by atoms with Gasteiger partial charge in [0.2, 0.25) is 0 Å². The van der Waals surface area contributed by atoms with Crippen LogP contribution < -0.4 is 0 Å². The summed E-state index contributed by atoms with van der Waals surface area (Å²) in [6.45, 7) is 7.71. The number of benzene rings is 1. The van der Waals surface area contributed by atoms with Crippen LogP contribution in [-0.2, 0) is 9.53 Å².